The highest BCUT2D eigenvalue weighted by atomic mass is 16.5. The second kappa shape index (κ2) is 8.03. The first-order valence-corrected chi connectivity index (χ1v) is 9.50. The van der Waals surface area contributed by atoms with E-state index in [4.69, 9.17) is 4.74 Å². The van der Waals surface area contributed by atoms with Crippen LogP contribution in [-0.4, -0.2) is 34.8 Å². The van der Waals surface area contributed by atoms with Gasteiger partial charge in [-0.15, -0.1) is 0 Å². The lowest BCUT2D eigenvalue weighted by atomic mass is 9.65. The zero-order valence-electron chi connectivity index (χ0n) is 15.4. The zero-order valence-corrected chi connectivity index (χ0v) is 15.4. The molecule has 2 aliphatic carbocycles. The molecule has 0 atom stereocenters. The average molecular weight is 372 g/mol. The van der Waals surface area contributed by atoms with Gasteiger partial charge in [0.05, 0.1) is 18.4 Å². The Balaban J connectivity index is 2.11. The molecule has 6 heteroatoms. The number of Topliss-reactive ketones (excluding diaryl/α,β-unsaturated/α-hetero) is 4. The van der Waals surface area contributed by atoms with Crippen molar-refractivity contribution in [1.82, 2.24) is 0 Å². The zero-order chi connectivity index (χ0) is 19.6. The number of benzene rings is 1. The van der Waals surface area contributed by atoms with Crippen molar-refractivity contribution >= 4 is 23.1 Å². The van der Waals surface area contributed by atoms with Gasteiger partial charge in [0, 0.05) is 31.6 Å². The lowest BCUT2D eigenvalue weighted by Gasteiger charge is -2.34. The van der Waals surface area contributed by atoms with Gasteiger partial charge in [-0.2, -0.15) is 0 Å². The van der Waals surface area contributed by atoms with Crippen LogP contribution in [0.1, 0.15) is 56.9 Å². The monoisotopic (exact) mass is 372 g/mol. The molecule has 0 aliphatic heterocycles. The maximum Gasteiger partial charge on any atom is 0.161 e. The largest absolute Gasteiger partial charge is 0.504 e. The smallest absolute Gasteiger partial charge is 0.161 e. The summed E-state index contributed by atoms with van der Waals surface area (Å²) < 4.78 is 5.42. The lowest BCUT2D eigenvalue weighted by Crippen LogP contribution is -2.43. The molecule has 2 fully saturated rings. The van der Waals surface area contributed by atoms with Gasteiger partial charge in [0.25, 0.3) is 0 Å². The molecule has 0 saturated heterocycles. The standard InChI is InChI=1S/C21H24O6/c1-2-27-18-11-12(9-10-13(18)22)19(20-14(23)5-3-6-15(20)24)21-16(25)7-4-8-17(21)26/h9-11,19-22H,2-8H2,1H3. The molecule has 0 aromatic heterocycles. The maximum absolute atomic E-state index is 12.6. The average Bonchev–Trinajstić information content (AvgIpc) is 2.62. The molecule has 1 N–H and O–H groups in total. The van der Waals surface area contributed by atoms with Crippen LogP contribution in [0.5, 0.6) is 11.5 Å². The quantitative estimate of drug-likeness (QED) is 0.798. The first kappa shape index (κ1) is 19.3. The van der Waals surface area contributed by atoms with Crippen LogP contribution in [0.2, 0.25) is 0 Å². The minimum atomic E-state index is -0.992. The SMILES string of the molecule is CCOc1cc(C(C2C(=O)CCCC2=O)C2C(=O)CCCC2=O)ccc1O. The van der Waals surface area contributed by atoms with Crippen LogP contribution in [-0.2, 0) is 19.2 Å². The van der Waals surface area contributed by atoms with Crippen molar-refractivity contribution in [3.05, 3.63) is 23.8 Å². The molecule has 0 spiro atoms. The first-order valence-electron chi connectivity index (χ1n) is 9.50. The van der Waals surface area contributed by atoms with Gasteiger partial charge < -0.3 is 9.84 Å². The Labute approximate surface area is 157 Å². The molecule has 2 aliphatic rings. The summed E-state index contributed by atoms with van der Waals surface area (Å²) in [6.45, 7) is 2.09. The number of ether oxygens (including phenoxy) is 1. The summed E-state index contributed by atoms with van der Waals surface area (Å²) in [5.74, 6) is -3.52. The van der Waals surface area contributed by atoms with Crippen molar-refractivity contribution in [1.29, 1.82) is 0 Å². The molecule has 0 bridgehead atoms. The molecule has 144 valence electrons. The Bertz CT molecular complexity index is 711. The third kappa shape index (κ3) is 3.80. The number of phenolic OH excluding ortho intramolecular Hbond substituents is 1. The second-order valence-electron chi connectivity index (χ2n) is 7.21. The minimum absolute atomic E-state index is 0.0676. The van der Waals surface area contributed by atoms with Crippen LogP contribution in [0, 0.1) is 11.8 Å². The van der Waals surface area contributed by atoms with E-state index in [1.54, 1.807) is 19.1 Å². The Morgan fingerprint density at radius 2 is 1.41 bits per heavy atom. The topological polar surface area (TPSA) is 97.7 Å². The van der Waals surface area contributed by atoms with E-state index in [-0.39, 0.29) is 60.3 Å². The predicted molar refractivity (Wildman–Crippen MR) is 96.7 cm³/mol. The van der Waals surface area contributed by atoms with E-state index in [0.29, 0.717) is 25.0 Å². The van der Waals surface area contributed by atoms with Gasteiger partial charge in [0.2, 0.25) is 0 Å². The fourth-order valence-corrected chi connectivity index (χ4v) is 4.24. The molecule has 0 radical (unpaired) electrons. The molecule has 0 unspecified atom stereocenters. The molecule has 0 amide bonds. The summed E-state index contributed by atoms with van der Waals surface area (Å²) in [6.07, 6.45) is 2.12. The molecular formula is C21H24O6. The second-order valence-corrected chi connectivity index (χ2v) is 7.21. The van der Waals surface area contributed by atoms with Crippen LogP contribution in [0.4, 0.5) is 0 Å². The summed E-state index contributed by atoms with van der Waals surface area (Å²) in [7, 11) is 0. The molecule has 6 nitrogen and oxygen atoms in total. The fourth-order valence-electron chi connectivity index (χ4n) is 4.24. The van der Waals surface area contributed by atoms with Gasteiger partial charge in [0.1, 0.15) is 23.1 Å². The van der Waals surface area contributed by atoms with E-state index < -0.39 is 17.8 Å². The normalized spacial score (nSPS) is 19.8. The number of ketones is 4. The van der Waals surface area contributed by atoms with Crippen LogP contribution < -0.4 is 4.74 Å². The third-order valence-corrected chi connectivity index (χ3v) is 5.47. The highest BCUT2D eigenvalue weighted by Gasteiger charge is 2.47. The Morgan fingerprint density at radius 1 is 0.926 bits per heavy atom. The Kier molecular flexibility index (Phi) is 5.73. The van der Waals surface area contributed by atoms with Crippen molar-refractivity contribution in [2.75, 3.05) is 6.61 Å². The molecule has 27 heavy (non-hydrogen) atoms. The molecule has 1 aromatic carbocycles. The van der Waals surface area contributed by atoms with Crippen molar-refractivity contribution in [2.24, 2.45) is 11.8 Å². The van der Waals surface area contributed by atoms with Gasteiger partial charge in [0.15, 0.2) is 11.5 Å². The Morgan fingerprint density at radius 3 is 1.85 bits per heavy atom. The van der Waals surface area contributed by atoms with E-state index in [1.165, 1.54) is 6.07 Å². The van der Waals surface area contributed by atoms with E-state index >= 15 is 0 Å². The fraction of sp³-hybridized carbons (Fsp3) is 0.524. The van der Waals surface area contributed by atoms with Crippen molar-refractivity contribution < 1.29 is 29.0 Å². The number of phenols is 1. The van der Waals surface area contributed by atoms with Crippen LogP contribution >= 0.6 is 0 Å². The van der Waals surface area contributed by atoms with Crippen molar-refractivity contribution in [3.63, 3.8) is 0 Å². The third-order valence-electron chi connectivity index (χ3n) is 5.47. The van der Waals surface area contributed by atoms with Gasteiger partial charge in [-0.25, -0.2) is 0 Å². The van der Waals surface area contributed by atoms with Gasteiger partial charge >= 0.3 is 0 Å². The highest BCUT2D eigenvalue weighted by Crippen LogP contribution is 2.43. The van der Waals surface area contributed by atoms with Gasteiger partial charge in [-0.3, -0.25) is 19.2 Å². The molecule has 3 rings (SSSR count). The lowest BCUT2D eigenvalue weighted by molar-refractivity contribution is -0.141. The number of aromatic hydroxyl groups is 1. The molecule has 2 saturated carbocycles. The van der Waals surface area contributed by atoms with Crippen LogP contribution in [0.15, 0.2) is 18.2 Å². The summed E-state index contributed by atoms with van der Waals surface area (Å²) >= 11 is 0. The maximum atomic E-state index is 12.6. The predicted octanol–water partition coefficient (Wildman–Crippen LogP) is 2.75. The van der Waals surface area contributed by atoms with Gasteiger partial charge in [-0.1, -0.05) is 6.07 Å². The molecular weight excluding hydrogens is 348 g/mol. The summed E-state index contributed by atoms with van der Waals surface area (Å²) in [4.78, 5) is 50.5. The van der Waals surface area contributed by atoms with E-state index in [1.807, 2.05) is 0 Å². The number of hydrogen-bond acceptors (Lipinski definition) is 6. The van der Waals surface area contributed by atoms with Crippen LogP contribution in [0.3, 0.4) is 0 Å². The highest BCUT2D eigenvalue weighted by molar-refractivity contribution is 6.10. The van der Waals surface area contributed by atoms with Crippen molar-refractivity contribution in [2.45, 2.75) is 51.4 Å². The molecule has 1 aromatic rings. The first-order chi connectivity index (χ1) is 12.9. The van der Waals surface area contributed by atoms with E-state index in [2.05, 4.69) is 0 Å². The number of carbonyl (C=O) groups excluding carboxylic acids is 4. The Hall–Kier alpha value is -2.50. The summed E-state index contributed by atoms with van der Waals surface area (Å²) in [5.41, 5.74) is 0.512. The number of carbonyl (C=O) groups is 4. The van der Waals surface area contributed by atoms with Gasteiger partial charge in [-0.05, 0) is 37.5 Å². The number of rotatable bonds is 5. The minimum Gasteiger partial charge on any atom is -0.504 e. The van der Waals surface area contributed by atoms with Crippen LogP contribution in [0.25, 0.3) is 0 Å². The van der Waals surface area contributed by atoms with Crippen molar-refractivity contribution in [3.8, 4) is 11.5 Å². The van der Waals surface area contributed by atoms with E-state index in [0.717, 1.165) is 0 Å². The molecule has 0 heterocycles. The van der Waals surface area contributed by atoms with E-state index in [9.17, 15) is 24.3 Å². The number of hydrogen-bond donors (Lipinski definition) is 1. The summed E-state index contributed by atoms with van der Waals surface area (Å²) in [5, 5.41) is 9.98. The summed E-state index contributed by atoms with van der Waals surface area (Å²) in [6, 6.07) is 4.55.